The quantitative estimate of drug-likeness (QED) is 0.746. The molecule has 0 saturated carbocycles. The third-order valence-electron chi connectivity index (χ3n) is 2.36. The summed E-state index contributed by atoms with van der Waals surface area (Å²) < 4.78 is 0.815. The molecule has 92 valence electrons. The van der Waals surface area contributed by atoms with Crippen molar-refractivity contribution < 1.29 is 4.79 Å². The Balaban J connectivity index is 2.25. The Morgan fingerprint density at radius 2 is 1.67 bits per heavy atom. The van der Waals surface area contributed by atoms with E-state index in [1.165, 1.54) is 0 Å². The third-order valence-corrected chi connectivity index (χ3v) is 3.05. The van der Waals surface area contributed by atoms with Crippen LogP contribution in [0, 0.1) is 0 Å². The molecule has 5 N–H and O–H groups in total. The summed E-state index contributed by atoms with van der Waals surface area (Å²) in [6.07, 6.45) is 0. The molecule has 0 aliphatic heterocycles. The van der Waals surface area contributed by atoms with Crippen molar-refractivity contribution in [3.8, 4) is 0 Å². The van der Waals surface area contributed by atoms with Crippen LogP contribution < -0.4 is 16.8 Å². The number of nitrogen functional groups attached to an aromatic ring is 2. The van der Waals surface area contributed by atoms with Crippen LogP contribution in [0.2, 0.25) is 0 Å². The van der Waals surface area contributed by atoms with E-state index in [1.54, 1.807) is 24.3 Å². The van der Waals surface area contributed by atoms with Gasteiger partial charge in [0.2, 0.25) is 0 Å². The number of amides is 1. The number of rotatable bonds is 2. The van der Waals surface area contributed by atoms with Crippen molar-refractivity contribution in [2.75, 3.05) is 16.8 Å². The second kappa shape index (κ2) is 5.10. The molecule has 5 heteroatoms. The zero-order valence-corrected chi connectivity index (χ0v) is 11.1. The fraction of sp³-hybridized carbons (Fsp3) is 0. The number of carbonyl (C=O) groups excluding carboxylic acids is 1. The summed E-state index contributed by atoms with van der Waals surface area (Å²) in [4.78, 5) is 12.0. The van der Waals surface area contributed by atoms with Gasteiger partial charge in [-0.1, -0.05) is 12.1 Å². The zero-order chi connectivity index (χ0) is 13.1. The maximum Gasteiger partial charge on any atom is 0.255 e. The van der Waals surface area contributed by atoms with Crippen LogP contribution in [0.25, 0.3) is 0 Å². The van der Waals surface area contributed by atoms with Gasteiger partial charge in [0.05, 0.1) is 5.69 Å². The van der Waals surface area contributed by atoms with Gasteiger partial charge in [-0.05, 0) is 46.3 Å². The van der Waals surface area contributed by atoms with Crippen molar-refractivity contribution in [3.63, 3.8) is 0 Å². The summed E-state index contributed by atoms with van der Waals surface area (Å²) in [7, 11) is 0. The number of para-hydroxylation sites is 1. The number of nitrogens with one attached hydrogen (secondary N) is 1. The van der Waals surface area contributed by atoms with Crippen LogP contribution in [0.4, 0.5) is 17.1 Å². The van der Waals surface area contributed by atoms with E-state index < -0.39 is 0 Å². The molecule has 2 aromatic carbocycles. The summed E-state index contributed by atoms with van der Waals surface area (Å²) in [6, 6.07) is 12.1. The Morgan fingerprint density at radius 3 is 2.28 bits per heavy atom. The number of hydrogen-bond acceptors (Lipinski definition) is 3. The summed E-state index contributed by atoms with van der Waals surface area (Å²) in [5, 5.41) is 2.78. The van der Waals surface area contributed by atoms with Crippen LogP contribution in [-0.4, -0.2) is 5.91 Å². The Hall–Kier alpha value is -2.01. The largest absolute Gasteiger partial charge is 0.399 e. The Morgan fingerprint density at radius 1 is 1.06 bits per heavy atom. The molecule has 0 saturated heterocycles. The molecule has 0 bridgehead atoms. The van der Waals surface area contributed by atoms with Crippen LogP contribution in [0.3, 0.4) is 0 Å². The molecule has 0 spiro atoms. The standard InChI is InChI=1S/C13H12BrN3O/c14-11-3-1-2-4-12(11)17-13(18)8-5-9(15)7-10(16)6-8/h1-7H,15-16H2,(H,17,18). The van der Waals surface area contributed by atoms with Gasteiger partial charge in [0.1, 0.15) is 0 Å². The van der Waals surface area contributed by atoms with E-state index in [0.29, 0.717) is 22.6 Å². The molecule has 18 heavy (non-hydrogen) atoms. The van der Waals surface area contributed by atoms with Crippen molar-refractivity contribution in [2.45, 2.75) is 0 Å². The number of benzene rings is 2. The second-order valence-electron chi connectivity index (χ2n) is 3.82. The molecule has 0 aromatic heterocycles. The molecule has 2 aromatic rings. The fourth-order valence-electron chi connectivity index (χ4n) is 1.56. The molecular formula is C13H12BrN3O. The van der Waals surface area contributed by atoms with E-state index >= 15 is 0 Å². The lowest BCUT2D eigenvalue weighted by Crippen LogP contribution is -2.13. The predicted octanol–water partition coefficient (Wildman–Crippen LogP) is 2.87. The molecular weight excluding hydrogens is 294 g/mol. The van der Waals surface area contributed by atoms with Gasteiger partial charge in [-0.3, -0.25) is 4.79 Å². The lowest BCUT2D eigenvalue weighted by atomic mass is 10.1. The minimum atomic E-state index is -0.249. The molecule has 0 aliphatic rings. The minimum Gasteiger partial charge on any atom is -0.399 e. The van der Waals surface area contributed by atoms with Crippen molar-refractivity contribution in [1.29, 1.82) is 0 Å². The Kier molecular flexibility index (Phi) is 3.53. The van der Waals surface area contributed by atoms with Crippen LogP contribution in [0.15, 0.2) is 46.9 Å². The maximum atomic E-state index is 12.0. The predicted molar refractivity (Wildman–Crippen MR) is 77.4 cm³/mol. The summed E-state index contributed by atoms with van der Waals surface area (Å²) in [6.45, 7) is 0. The van der Waals surface area contributed by atoms with Gasteiger partial charge in [-0.2, -0.15) is 0 Å². The molecule has 0 fully saturated rings. The Bertz CT molecular complexity index is 578. The fourth-order valence-corrected chi connectivity index (χ4v) is 1.95. The van der Waals surface area contributed by atoms with Crippen molar-refractivity contribution in [1.82, 2.24) is 0 Å². The molecule has 0 radical (unpaired) electrons. The third kappa shape index (κ3) is 2.81. The average molecular weight is 306 g/mol. The van der Waals surface area contributed by atoms with E-state index in [9.17, 15) is 4.79 Å². The number of anilines is 3. The first kappa shape index (κ1) is 12.4. The first-order valence-electron chi connectivity index (χ1n) is 5.28. The molecule has 0 aliphatic carbocycles. The second-order valence-corrected chi connectivity index (χ2v) is 4.68. The van der Waals surface area contributed by atoms with Gasteiger partial charge < -0.3 is 16.8 Å². The summed E-state index contributed by atoms with van der Waals surface area (Å²) in [5.41, 5.74) is 13.4. The van der Waals surface area contributed by atoms with Crippen LogP contribution >= 0.6 is 15.9 Å². The number of carbonyl (C=O) groups is 1. The van der Waals surface area contributed by atoms with E-state index in [1.807, 2.05) is 18.2 Å². The van der Waals surface area contributed by atoms with E-state index in [2.05, 4.69) is 21.2 Å². The Labute approximate surface area is 113 Å². The normalized spacial score (nSPS) is 10.1. The molecule has 1 amide bonds. The number of halogens is 1. The topological polar surface area (TPSA) is 81.1 Å². The number of nitrogens with two attached hydrogens (primary N) is 2. The molecule has 4 nitrogen and oxygen atoms in total. The lowest BCUT2D eigenvalue weighted by Gasteiger charge is -2.08. The van der Waals surface area contributed by atoms with Crippen molar-refractivity contribution >= 4 is 38.9 Å². The lowest BCUT2D eigenvalue weighted by molar-refractivity contribution is 0.102. The highest BCUT2D eigenvalue weighted by Gasteiger charge is 2.09. The highest BCUT2D eigenvalue weighted by atomic mass is 79.9. The van der Waals surface area contributed by atoms with Crippen molar-refractivity contribution in [3.05, 3.63) is 52.5 Å². The molecule has 0 heterocycles. The van der Waals surface area contributed by atoms with E-state index in [0.717, 1.165) is 4.47 Å². The first-order chi connectivity index (χ1) is 8.56. The monoisotopic (exact) mass is 305 g/mol. The van der Waals surface area contributed by atoms with Crippen molar-refractivity contribution in [2.24, 2.45) is 0 Å². The van der Waals surface area contributed by atoms with Crippen LogP contribution in [0.5, 0.6) is 0 Å². The van der Waals surface area contributed by atoms with Gasteiger partial charge >= 0.3 is 0 Å². The zero-order valence-electron chi connectivity index (χ0n) is 9.48. The molecule has 0 unspecified atom stereocenters. The number of hydrogen-bond donors (Lipinski definition) is 3. The highest BCUT2D eigenvalue weighted by molar-refractivity contribution is 9.10. The first-order valence-corrected chi connectivity index (χ1v) is 6.07. The van der Waals surface area contributed by atoms with E-state index in [4.69, 9.17) is 11.5 Å². The van der Waals surface area contributed by atoms with Gasteiger partial charge in [0.15, 0.2) is 0 Å². The van der Waals surface area contributed by atoms with Crippen LogP contribution in [-0.2, 0) is 0 Å². The average Bonchev–Trinajstić information content (AvgIpc) is 2.31. The SMILES string of the molecule is Nc1cc(N)cc(C(=O)Nc2ccccc2Br)c1. The van der Waals surface area contributed by atoms with Gasteiger partial charge in [0.25, 0.3) is 5.91 Å². The summed E-state index contributed by atoms with van der Waals surface area (Å²) in [5.74, 6) is -0.249. The highest BCUT2D eigenvalue weighted by Crippen LogP contribution is 2.22. The summed E-state index contributed by atoms with van der Waals surface area (Å²) >= 11 is 3.36. The van der Waals surface area contributed by atoms with Gasteiger partial charge in [0, 0.05) is 21.4 Å². The maximum absolute atomic E-state index is 12.0. The smallest absolute Gasteiger partial charge is 0.255 e. The molecule has 2 rings (SSSR count). The molecule has 0 atom stereocenters. The van der Waals surface area contributed by atoms with Gasteiger partial charge in [-0.15, -0.1) is 0 Å². The minimum absolute atomic E-state index is 0.249. The van der Waals surface area contributed by atoms with E-state index in [-0.39, 0.29) is 5.91 Å². The van der Waals surface area contributed by atoms with Gasteiger partial charge in [-0.25, -0.2) is 0 Å². The van der Waals surface area contributed by atoms with Crippen LogP contribution in [0.1, 0.15) is 10.4 Å².